The van der Waals surface area contributed by atoms with E-state index >= 15 is 0 Å². The Balaban J connectivity index is 2.40. The molecular weight excluding hydrogens is 253 g/mol. The summed E-state index contributed by atoms with van der Waals surface area (Å²) < 4.78 is 37.4. The van der Waals surface area contributed by atoms with Crippen LogP contribution in [0.1, 0.15) is 21.5 Å². The van der Waals surface area contributed by atoms with E-state index in [-0.39, 0.29) is 0 Å². The Bertz CT molecular complexity index is 598. The van der Waals surface area contributed by atoms with E-state index in [9.17, 15) is 18.0 Å². The van der Waals surface area contributed by atoms with Gasteiger partial charge in [0.25, 0.3) is 0 Å². The van der Waals surface area contributed by atoms with Gasteiger partial charge in [-0.2, -0.15) is 13.2 Å². The van der Waals surface area contributed by atoms with Crippen LogP contribution in [0.15, 0.2) is 42.5 Å². The summed E-state index contributed by atoms with van der Waals surface area (Å²) in [5.74, 6) is 0. The molecule has 0 spiro atoms. The summed E-state index contributed by atoms with van der Waals surface area (Å²) in [4.78, 5) is 10.6. The molecule has 0 radical (unpaired) electrons. The minimum Gasteiger partial charge on any atom is -0.298 e. The molecule has 2 aromatic carbocycles. The Morgan fingerprint density at radius 3 is 2.11 bits per heavy atom. The lowest BCUT2D eigenvalue weighted by Gasteiger charge is -2.09. The Kier molecular flexibility index (Phi) is 3.42. The first-order chi connectivity index (χ1) is 8.91. The first kappa shape index (κ1) is 13.3. The molecule has 0 saturated carbocycles. The molecule has 0 amide bonds. The highest BCUT2D eigenvalue weighted by molar-refractivity contribution is 5.78. The van der Waals surface area contributed by atoms with Gasteiger partial charge in [0.2, 0.25) is 0 Å². The highest BCUT2D eigenvalue weighted by Gasteiger charge is 2.29. The van der Waals surface area contributed by atoms with Gasteiger partial charge in [0.15, 0.2) is 0 Å². The van der Waals surface area contributed by atoms with Crippen molar-refractivity contribution in [2.24, 2.45) is 0 Å². The van der Waals surface area contributed by atoms with E-state index in [1.54, 1.807) is 18.2 Å². The van der Waals surface area contributed by atoms with Gasteiger partial charge in [0.1, 0.15) is 6.29 Å². The fourth-order valence-corrected chi connectivity index (χ4v) is 1.92. The van der Waals surface area contributed by atoms with Gasteiger partial charge < -0.3 is 0 Å². The lowest BCUT2D eigenvalue weighted by Crippen LogP contribution is -2.04. The second-order valence-corrected chi connectivity index (χ2v) is 4.27. The van der Waals surface area contributed by atoms with Gasteiger partial charge in [0, 0.05) is 5.56 Å². The van der Waals surface area contributed by atoms with Crippen molar-refractivity contribution in [3.63, 3.8) is 0 Å². The van der Waals surface area contributed by atoms with Crippen LogP contribution in [0.25, 0.3) is 11.1 Å². The fraction of sp³-hybridized carbons (Fsp3) is 0.133. The van der Waals surface area contributed by atoms with Crippen molar-refractivity contribution in [1.29, 1.82) is 0 Å². The molecule has 0 unspecified atom stereocenters. The number of carbonyl (C=O) groups excluding carboxylic acids is 1. The van der Waals surface area contributed by atoms with E-state index in [4.69, 9.17) is 0 Å². The summed E-state index contributed by atoms with van der Waals surface area (Å²) in [6.45, 7) is 1.82. The van der Waals surface area contributed by atoms with Crippen LogP contribution in [0, 0.1) is 6.92 Å². The molecule has 0 N–H and O–H groups in total. The van der Waals surface area contributed by atoms with Gasteiger partial charge in [-0.15, -0.1) is 0 Å². The van der Waals surface area contributed by atoms with Crippen molar-refractivity contribution in [2.45, 2.75) is 13.1 Å². The predicted octanol–water partition coefficient (Wildman–Crippen LogP) is 4.49. The molecule has 0 heterocycles. The maximum absolute atomic E-state index is 12.5. The van der Waals surface area contributed by atoms with Crippen LogP contribution < -0.4 is 0 Å². The molecule has 0 atom stereocenters. The molecule has 0 aliphatic heterocycles. The topological polar surface area (TPSA) is 17.1 Å². The molecule has 0 aliphatic rings. The lowest BCUT2D eigenvalue weighted by atomic mass is 9.98. The van der Waals surface area contributed by atoms with Crippen LogP contribution in [0.5, 0.6) is 0 Å². The Hall–Kier alpha value is -2.10. The third-order valence-corrected chi connectivity index (χ3v) is 2.91. The van der Waals surface area contributed by atoms with Gasteiger partial charge >= 0.3 is 6.18 Å². The summed E-state index contributed by atoms with van der Waals surface area (Å²) in [5, 5.41) is 0. The first-order valence-electron chi connectivity index (χ1n) is 5.65. The number of halogens is 3. The molecule has 4 heteroatoms. The van der Waals surface area contributed by atoms with Crippen molar-refractivity contribution in [2.75, 3.05) is 0 Å². The Labute approximate surface area is 108 Å². The van der Waals surface area contributed by atoms with Crippen molar-refractivity contribution in [1.82, 2.24) is 0 Å². The normalized spacial score (nSPS) is 11.4. The summed E-state index contributed by atoms with van der Waals surface area (Å²) >= 11 is 0. The first-order valence-corrected chi connectivity index (χ1v) is 5.65. The molecule has 0 fully saturated rings. The lowest BCUT2D eigenvalue weighted by molar-refractivity contribution is -0.137. The van der Waals surface area contributed by atoms with Crippen molar-refractivity contribution >= 4 is 6.29 Å². The molecule has 98 valence electrons. The van der Waals surface area contributed by atoms with Crippen molar-refractivity contribution < 1.29 is 18.0 Å². The van der Waals surface area contributed by atoms with Crippen LogP contribution in [0.4, 0.5) is 13.2 Å². The standard InChI is InChI=1S/C15H11F3O/c1-10-8-11(9-19)2-7-14(10)12-3-5-13(6-4-12)15(16,17)18/h2-9H,1H3. The number of carbonyl (C=O) groups is 1. The minimum absolute atomic E-state index is 0.549. The molecular formula is C15H11F3O. The average Bonchev–Trinajstić information content (AvgIpc) is 2.37. The zero-order valence-corrected chi connectivity index (χ0v) is 10.2. The number of aryl methyl sites for hydroxylation is 1. The predicted molar refractivity (Wildman–Crippen MR) is 67.0 cm³/mol. The monoisotopic (exact) mass is 264 g/mol. The SMILES string of the molecule is Cc1cc(C=O)ccc1-c1ccc(C(F)(F)F)cc1. The van der Waals surface area contributed by atoms with Gasteiger partial charge in [-0.05, 0) is 41.8 Å². The zero-order valence-electron chi connectivity index (χ0n) is 10.2. The smallest absolute Gasteiger partial charge is 0.298 e. The third-order valence-electron chi connectivity index (χ3n) is 2.91. The largest absolute Gasteiger partial charge is 0.416 e. The molecule has 0 aliphatic carbocycles. The van der Waals surface area contributed by atoms with E-state index in [0.29, 0.717) is 11.1 Å². The highest BCUT2D eigenvalue weighted by atomic mass is 19.4. The van der Waals surface area contributed by atoms with Crippen LogP contribution >= 0.6 is 0 Å². The quantitative estimate of drug-likeness (QED) is 0.730. The third kappa shape index (κ3) is 2.84. The number of benzene rings is 2. The van der Waals surface area contributed by atoms with Gasteiger partial charge in [0.05, 0.1) is 5.56 Å². The van der Waals surface area contributed by atoms with E-state index in [0.717, 1.165) is 29.5 Å². The van der Waals surface area contributed by atoms with Crippen LogP contribution in [-0.4, -0.2) is 6.29 Å². The molecule has 19 heavy (non-hydrogen) atoms. The van der Waals surface area contributed by atoms with Crippen LogP contribution in [0.2, 0.25) is 0 Å². The van der Waals surface area contributed by atoms with Crippen LogP contribution in [-0.2, 0) is 6.18 Å². The fourth-order valence-electron chi connectivity index (χ4n) is 1.92. The number of rotatable bonds is 2. The zero-order chi connectivity index (χ0) is 14.0. The second kappa shape index (κ2) is 4.88. The number of aldehydes is 1. The average molecular weight is 264 g/mol. The maximum Gasteiger partial charge on any atom is 0.416 e. The summed E-state index contributed by atoms with van der Waals surface area (Å²) in [6, 6.07) is 10.1. The summed E-state index contributed by atoms with van der Waals surface area (Å²) in [6.07, 6.45) is -3.58. The Morgan fingerprint density at radius 2 is 1.63 bits per heavy atom. The molecule has 0 aromatic heterocycles. The second-order valence-electron chi connectivity index (χ2n) is 4.27. The Morgan fingerprint density at radius 1 is 1.00 bits per heavy atom. The van der Waals surface area contributed by atoms with Gasteiger partial charge in [-0.1, -0.05) is 24.3 Å². The number of alkyl halides is 3. The van der Waals surface area contributed by atoms with Gasteiger partial charge in [-0.3, -0.25) is 4.79 Å². The number of hydrogen-bond donors (Lipinski definition) is 0. The highest BCUT2D eigenvalue weighted by Crippen LogP contribution is 2.31. The van der Waals surface area contributed by atoms with Crippen LogP contribution in [0.3, 0.4) is 0 Å². The molecule has 2 rings (SSSR count). The van der Waals surface area contributed by atoms with Crippen molar-refractivity contribution in [3.8, 4) is 11.1 Å². The van der Waals surface area contributed by atoms with E-state index in [1.807, 2.05) is 6.92 Å². The van der Waals surface area contributed by atoms with E-state index < -0.39 is 11.7 Å². The summed E-state index contributed by atoms with van der Waals surface area (Å²) in [5.41, 5.74) is 2.25. The molecule has 2 aromatic rings. The van der Waals surface area contributed by atoms with Crippen molar-refractivity contribution in [3.05, 3.63) is 59.2 Å². The molecule has 0 saturated heterocycles. The molecule has 1 nitrogen and oxygen atoms in total. The van der Waals surface area contributed by atoms with Gasteiger partial charge in [-0.25, -0.2) is 0 Å². The van der Waals surface area contributed by atoms with E-state index in [1.165, 1.54) is 12.1 Å². The summed E-state index contributed by atoms with van der Waals surface area (Å²) in [7, 11) is 0. The number of hydrogen-bond acceptors (Lipinski definition) is 1. The molecule has 0 bridgehead atoms. The van der Waals surface area contributed by atoms with E-state index in [2.05, 4.69) is 0 Å². The minimum atomic E-state index is -4.32. The maximum atomic E-state index is 12.5.